The molecule has 0 bridgehead atoms. The number of unbranched alkanes of at least 4 members (excludes halogenated alkanes) is 1. The molecule has 3 atom stereocenters. The van der Waals surface area contributed by atoms with E-state index in [4.69, 9.17) is 23.4 Å². The molecule has 0 aromatic rings. The summed E-state index contributed by atoms with van der Waals surface area (Å²) in [4.78, 5) is 2.78. The fourth-order valence-electron chi connectivity index (χ4n) is 2.57. The molecule has 1 rings (SSSR count). The SMILES string of the molecule is B[C@@H]1OC(COS(C)(=O)=O)(COS(C)(=O)=O)[C@@H](OCCCC)[C@H]1N=[N+]=[N-]. The van der Waals surface area contributed by atoms with E-state index in [1.54, 1.807) is 7.85 Å². The number of azide groups is 1. The molecule has 0 aromatic carbocycles. The van der Waals surface area contributed by atoms with E-state index in [0.717, 1.165) is 18.9 Å². The standard InChI is InChI=1S/C12H24BN3O8S2/c1-4-5-6-21-10-9(15-16-14)11(13)24-12(10,7-22-25(2,17)18)8-23-26(3,19)20/h9-11H,4-8,13H2,1-3H3/t9-,10+,11-/m1/s1. The molecule has 1 fully saturated rings. The number of rotatable bonds is 11. The molecule has 1 heterocycles. The maximum atomic E-state index is 11.4. The Bertz CT molecular complexity index is 687. The molecule has 14 heteroatoms. The minimum Gasteiger partial charge on any atom is -0.375 e. The van der Waals surface area contributed by atoms with Gasteiger partial charge in [0.15, 0.2) is 0 Å². The summed E-state index contributed by atoms with van der Waals surface area (Å²) in [6.45, 7) is 1.16. The monoisotopic (exact) mass is 413 g/mol. The predicted octanol–water partition coefficient (Wildman–Crippen LogP) is -0.469. The third kappa shape index (κ3) is 7.03. The molecule has 1 aliphatic heterocycles. The van der Waals surface area contributed by atoms with Crippen LogP contribution in [-0.2, 0) is 38.1 Å². The molecule has 0 spiro atoms. The predicted molar refractivity (Wildman–Crippen MR) is 95.3 cm³/mol. The van der Waals surface area contributed by atoms with E-state index in [2.05, 4.69) is 10.0 Å². The molecule has 0 amide bonds. The molecule has 0 radical (unpaired) electrons. The van der Waals surface area contributed by atoms with Crippen LogP contribution >= 0.6 is 0 Å². The fraction of sp³-hybridized carbons (Fsp3) is 1.00. The topological polar surface area (TPSA) is 154 Å². The Morgan fingerprint density at radius 2 is 1.73 bits per heavy atom. The van der Waals surface area contributed by atoms with Gasteiger partial charge in [0.1, 0.15) is 32.8 Å². The number of hydrogen-bond acceptors (Lipinski definition) is 9. The molecule has 0 saturated carbocycles. The van der Waals surface area contributed by atoms with Gasteiger partial charge in [-0.15, -0.1) is 0 Å². The van der Waals surface area contributed by atoms with Gasteiger partial charge in [-0.25, -0.2) is 0 Å². The minimum absolute atomic E-state index is 0.286. The van der Waals surface area contributed by atoms with Crippen molar-refractivity contribution in [1.29, 1.82) is 0 Å². The molecular weight excluding hydrogens is 389 g/mol. The van der Waals surface area contributed by atoms with Crippen molar-refractivity contribution in [2.24, 2.45) is 5.11 Å². The Balaban J connectivity index is 3.22. The third-order valence-corrected chi connectivity index (χ3v) is 4.84. The van der Waals surface area contributed by atoms with Crippen LogP contribution < -0.4 is 0 Å². The first-order valence-corrected chi connectivity index (χ1v) is 11.6. The Morgan fingerprint density at radius 3 is 2.15 bits per heavy atom. The largest absolute Gasteiger partial charge is 0.375 e. The molecule has 1 saturated heterocycles. The van der Waals surface area contributed by atoms with Gasteiger partial charge in [0.25, 0.3) is 20.2 Å². The summed E-state index contributed by atoms with van der Waals surface area (Å²) in [6.07, 6.45) is 2.30. The van der Waals surface area contributed by atoms with Crippen LogP contribution in [0.4, 0.5) is 0 Å². The summed E-state index contributed by atoms with van der Waals surface area (Å²) >= 11 is 0. The van der Waals surface area contributed by atoms with Crippen LogP contribution in [0.25, 0.3) is 10.4 Å². The zero-order chi connectivity index (χ0) is 20.0. The summed E-state index contributed by atoms with van der Waals surface area (Å²) in [6, 6.07) is -1.47. The van der Waals surface area contributed by atoms with Crippen LogP contribution in [0, 0.1) is 0 Å². The first-order chi connectivity index (χ1) is 11.9. The Kier molecular flexibility index (Phi) is 8.33. The van der Waals surface area contributed by atoms with Crippen molar-refractivity contribution >= 4 is 28.1 Å². The van der Waals surface area contributed by atoms with Crippen LogP contribution in [0.15, 0.2) is 5.11 Å². The van der Waals surface area contributed by atoms with Crippen molar-refractivity contribution < 1.29 is 34.7 Å². The average Bonchev–Trinajstić information content (AvgIpc) is 2.76. The van der Waals surface area contributed by atoms with Crippen LogP contribution in [0.3, 0.4) is 0 Å². The van der Waals surface area contributed by atoms with Gasteiger partial charge < -0.3 is 9.47 Å². The molecule has 11 nitrogen and oxygen atoms in total. The lowest BCUT2D eigenvalue weighted by atomic mass is 9.88. The summed E-state index contributed by atoms with van der Waals surface area (Å²) in [7, 11) is -6.08. The van der Waals surface area contributed by atoms with E-state index in [9.17, 15) is 16.8 Å². The molecule has 150 valence electrons. The van der Waals surface area contributed by atoms with E-state index >= 15 is 0 Å². The smallest absolute Gasteiger partial charge is 0.264 e. The van der Waals surface area contributed by atoms with E-state index in [-0.39, 0.29) is 6.61 Å². The van der Waals surface area contributed by atoms with Gasteiger partial charge in [-0.1, -0.05) is 18.5 Å². The molecule has 26 heavy (non-hydrogen) atoms. The number of nitrogens with zero attached hydrogens (tertiary/aromatic N) is 3. The summed E-state index contributed by atoms with van der Waals surface area (Å²) < 4.78 is 67.0. The highest BCUT2D eigenvalue weighted by Crippen LogP contribution is 2.36. The quantitative estimate of drug-likeness (QED) is 0.110. The van der Waals surface area contributed by atoms with Gasteiger partial charge in [0.2, 0.25) is 0 Å². The minimum atomic E-state index is -3.84. The summed E-state index contributed by atoms with van der Waals surface area (Å²) in [5.74, 6) is 0. The van der Waals surface area contributed by atoms with Crippen molar-refractivity contribution in [2.45, 2.75) is 43.5 Å². The maximum absolute atomic E-state index is 11.4. The zero-order valence-corrected chi connectivity index (χ0v) is 16.8. The van der Waals surface area contributed by atoms with E-state index in [0.29, 0.717) is 6.42 Å². The van der Waals surface area contributed by atoms with Gasteiger partial charge in [-0.05, 0) is 12.0 Å². The molecule has 0 unspecified atom stereocenters. The highest BCUT2D eigenvalue weighted by atomic mass is 32.2. The second-order valence-corrected chi connectivity index (χ2v) is 9.45. The van der Waals surface area contributed by atoms with E-state index < -0.39 is 57.2 Å². The van der Waals surface area contributed by atoms with Crippen molar-refractivity contribution in [2.75, 3.05) is 32.3 Å². The fourth-order valence-corrected chi connectivity index (χ4v) is 3.40. The molecule has 0 aromatic heterocycles. The number of hydrogen-bond donors (Lipinski definition) is 0. The van der Waals surface area contributed by atoms with E-state index in [1.165, 1.54) is 0 Å². The van der Waals surface area contributed by atoms with Gasteiger partial charge in [0.05, 0.1) is 18.6 Å². The molecule has 0 aliphatic carbocycles. The van der Waals surface area contributed by atoms with E-state index in [1.807, 2.05) is 6.92 Å². The first-order valence-electron chi connectivity index (χ1n) is 7.96. The first kappa shape index (κ1) is 23.2. The highest BCUT2D eigenvalue weighted by Gasteiger charge is 2.55. The van der Waals surface area contributed by atoms with Crippen molar-refractivity contribution in [3.63, 3.8) is 0 Å². The third-order valence-electron chi connectivity index (χ3n) is 3.75. The van der Waals surface area contributed by atoms with Gasteiger partial charge in [-0.2, -0.15) is 16.8 Å². The van der Waals surface area contributed by atoms with Crippen molar-refractivity contribution in [3.05, 3.63) is 10.4 Å². The van der Waals surface area contributed by atoms with Gasteiger partial charge in [-0.3, -0.25) is 8.37 Å². The second-order valence-electron chi connectivity index (χ2n) is 6.16. The Labute approximate surface area is 154 Å². The van der Waals surface area contributed by atoms with Crippen LogP contribution in [-0.4, -0.2) is 80.8 Å². The van der Waals surface area contributed by atoms with Crippen LogP contribution in [0.1, 0.15) is 19.8 Å². The molecule has 1 aliphatic rings. The van der Waals surface area contributed by atoms with Gasteiger partial charge in [0, 0.05) is 17.5 Å². The van der Waals surface area contributed by atoms with Crippen LogP contribution in [0.2, 0.25) is 0 Å². The lowest BCUT2D eigenvalue weighted by Crippen LogP contribution is -2.52. The average molecular weight is 413 g/mol. The number of ether oxygens (including phenoxy) is 2. The molecule has 0 N–H and O–H groups in total. The lowest BCUT2D eigenvalue weighted by molar-refractivity contribution is -0.130. The van der Waals surface area contributed by atoms with Crippen LogP contribution in [0.5, 0.6) is 0 Å². The summed E-state index contributed by atoms with van der Waals surface area (Å²) in [5.41, 5.74) is 7.24. The summed E-state index contributed by atoms with van der Waals surface area (Å²) in [5, 5.41) is 3.67. The Morgan fingerprint density at radius 1 is 1.19 bits per heavy atom. The van der Waals surface area contributed by atoms with Gasteiger partial charge >= 0.3 is 0 Å². The Hall–Kier alpha value is -0.885. The highest BCUT2D eigenvalue weighted by molar-refractivity contribution is 7.86. The normalized spacial score (nSPS) is 25.7. The van der Waals surface area contributed by atoms with Crippen molar-refractivity contribution in [3.8, 4) is 0 Å². The second kappa shape index (κ2) is 9.35. The molecular formula is C12H24BN3O8S2. The van der Waals surface area contributed by atoms with Crippen molar-refractivity contribution in [1.82, 2.24) is 0 Å². The maximum Gasteiger partial charge on any atom is 0.264 e. The lowest BCUT2D eigenvalue weighted by Gasteiger charge is -2.33. The zero-order valence-electron chi connectivity index (χ0n) is 15.2.